The number of aromatic carboxylic acids is 1. The SMILES string of the molecule is O=C(O)c1ccc(CNS(=O)(=O)c2ccc3ncccc3c2)cc1. The maximum absolute atomic E-state index is 12.4. The zero-order chi connectivity index (χ0) is 17.2. The standard InChI is InChI=1S/C17H14N2O4S/c20-17(21)13-5-3-12(4-6-13)11-19-24(22,23)15-7-8-16-14(10-15)2-1-9-18-16/h1-10,19H,11H2,(H,20,21). The number of fused-ring (bicyclic) bond motifs is 1. The lowest BCUT2D eigenvalue weighted by Crippen LogP contribution is -2.23. The highest BCUT2D eigenvalue weighted by atomic mass is 32.2. The van der Waals surface area contributed by atoms with Gasteiger partial charge in [0.15, 0.2) is 0 Å². The normalized spacial score (nSPS) is 11.5. The fraction of sp³-hybridized carbons (Fsp3) is 0.0588. The molecule has 0 aliphatic rings. The zero-order valence-electron chi connectivity index (χ0n) is 12.5. The molecule has 0 radical (unpaired) electrons. The quantitative estimate of drug-likeness (QED) is 0.742. The second-order valence-electron chi connectivity index (χ2n) is 5.18. The van der Waals surface area contributed by atoms with Crippen molar-refractivity contribution in [2.75, 3.05) is 0 Å². The Morgan fingerprint density at radius 1 is 1.08 bits per heavy atom. The maximum Gasteiger partial charge on any atom is 0.335 e. The van der Waals surface area contributed by atoms with Crippen molar-refractivity contribution in [3.05, 3.63) is 71.9 Å². The Balaban J connectivity index is 1.78. The van der Waals surface area contributed by atoms with E-state index in [1.54, 1.807) is 42.6 Å². The number of pyridine rings is 1. The Bertz CT molecular complexity index is 999. The molecule has 2 N–H and O–H groups in total. The Morgan fingerprint density at radius 3 is 2.54 bits per heavy atom. The molecule has 0 fully saturated rings. The van der Waals surface area contributed by atoms with E-state index in [0.717, 1.165) is 10.9 Å². The van der Waals surface area contributed by atoms with Crippen LogP contribution in [-0.2, 0) is 16.6 Å². The first-order valence-electron chi connectivity index (χ1n) is 7.12. The number of carboxylic acids is 1. The highest BCUT2D eigenvalue weighted by molar-refractivity contribution is 7.89. The fourth-order valence-corrected chi connectivity index (χ4v) is 3.30. The topological polar surface area (TPSA) is 96.4 Å². The average molecular weight is 342 g/mol. The summed E-state index contributed by atoms with van der Waals surface area (Å²) in [6, 6.07) is 14.3. The summed E-state index contributed by atoms with van der Waals surface area (Å²) < 4.78 is 27.3. The van der Waals surface area contributed by atoms with Crippen molar-refractivity contribution < 1.29 is 18.3 Å². The molecule has 0 spiro atoms. The van der Waals surface area contributed by atoms with E-state index in [-0.39, 0.29) is 17.0 Å². The Labute approximate surface area is 138 Å². The van der Waals surface area contributed by atoms with Gasteiger partial charge in [0.1, 0.15) is 0 Å². The number of hydrogen-bond acceptors (Lipinski definition) is 4. The van der Waals surface area contributed by atoms with Crippen molar-refractivity contribution in [1.29, 1.82) is 0 Å². The molecule has 24 heavy (non-hydrogen) atoms. The largest absolute Gasteiger partial charge is 0.478 e. The summed E-state index contributed by atoms with van der Waals surface area (Å²) in [6.07, 6.45) is 1.65. The van der Waals surface area contributed by atoms with Gasteiger partial charge in [-0.2, -0.15) is 0 Å². The summed E-state index contributed by atoms with van der Waals surface area (Å²) in [4.78, 5) is 15.1. The van der Waals surface area contributed by atoms with Crippen LogP contribution in [0.2, 0.25) is 0 Å². The van der Waals surface area contributed by atoms with Crippen molar-refractivity contribution in [1.82, 2.24) is 9.71 Å². The van der Waals surface area contributed by atoms with E-state index in [4.69, 9.17) is 5.11 Å². The lowest BCUT2D eigenvalue weighted by molar-refractivity contribution is 0.0697. The lowest BCUT2D eigenvalue weighted by Gasteiger charge is -2.08. The van der Waals surface area contributed by atoms with Gasteiger partial charge in [0.25, 0.3) is 0 Å². The van der Waals surface area contributed by atoms with Gasteiger partial charge in [-0.05, 0) is 42.0 Å². The molecule has 0 bridgehead atoms. The number of rotatable bonds is 5. The van der Waals surface area contributed by atoms with Crippen molar-refractivity contribution >= 4 is 26.9 Å². The van der Waals surface area contributed by atoms with Gasteiger partial charge < -0.3 is 5.11 Å². The van der Waals surface area contributed by atoms with Crippen LogP contribution in [0.25, 0.3) is 10.9 Å². The van der Waals surface area contributed by atoms with Crippen LogP contribution in [0.5, 0.6) is 0 Å². The van der Waals surface area contributed by atoms with Crippen LogP contribution in [0.4, 0.5) is 0 Å². The number of carboxylic acid groups (broad SMARTS) is 1. The first kappa shape index (κ1) is 16.1. The first-order chi connectivity index (χ1) is 11.5. The van der Waals surface area contributed by atoms with Gasteiger partial charge >= 0.3 is 5.97 Å². The van der Waals surface area contributed by atoms with Crippen LogP contribution in [0.1, 0.15) is 15.9 Å². The summed E-state index contributed by atoms with van der Waals surface area (Å²) in [5.41, 5.74) is 1.55. The molecule has 0 aliphatic heterocycles. The number of nitrogens with zero attached hydrogens (tertiary/aromatic N) is 1. The average Bonchev–Trinajstić information content (AvgIpc) is 2.60. The van der Waals surface area contributed by atoms with Crippen LogP contribution in [0.15, 0.2) is 65.7 Å². The smallest absolute Gasteiger partial charge is 0.335 e. The van der Waals surface area contributed by atoms with Crippen LogP contribution in [0, 0.1) is 0 Å². The van der Waals surface area contributed by atoms with Crippen LogP contribution >= 0.6 is 0 Å². The summed E-state index contributed by atoms with van der Waals surface area (Å²) >= 11 is 0. The second kappa shape index (κ2) is 6.38. The van der Waals surface area contributed by atoms with Crippen molar-refractivity contribution in [2.45, 2.75) is 11.4 Å². The molecule has 2 aromatic carbocycles. The number of hydrogen-bond donors (Lipinski definition) is 2. The van der Waals surface area contributed by atoms with E-state index >= 15 is 0 Å². The number of benzene rings is 2. The fourth-order valence-electron chi connectivity index (χ4n) is 2.25. The lowest BCUT2D eigenvalue weighted by atomic mass is 10.1. The van der Waals surface area contributed by atoms with E-state index in [1.807, 2.05) is 0 Å². The summed E-state index contributed by atoms with van der Waals surface area (Å²) in [7, 11) is -3.67. The minimum absolute atomic E-state index is 0.0767. The van der Waals surface area contributed by atoms with Gasteiger partial charge in [-0.25, -0.2) is 17.9 Å². The molecule has 7 heteroatoms. The van der Waals surface area contributed by atoms with E-state index < -0.39 is 16.0 Å². The van der Waals surface area contributed by atoms with Crippen LogP contribution < -0.4 is 4.72 Å². The Kier molecular flexibility index (Phi) is 4.28. The van der Waals surface area contributed by atoms with Gasteiger partial charge in [0, 0.05) is 18.1 Å². The van der Waals surface area contributed by atoms with Gasteiger partial charge in [-0.1, -0.05) is 18.2 Å². The molecule has 3 rings (SSSR count). The summed E-state index contributed by atoms with van der Waals surface area (Å²) in [5.74, 6) is -1.02. The van der Waals surface area contributed by atoms with Crippen molar-refractivity contribution in [3.63, 3.8) is 0 Å². The van der Waals surface area contributed by atoms with Gasteiger partial charge in [0.2, 0.25) is 10.0 Å². The second-order valence-corrected chi connectivity index (χ2v) is 6.95. The monoisotopic (exact) mass is 342 g/mol. The molecular formula is C17H14N2O4S. The molecular weight excluding hydrogens is 328 g/mol. The highest BCUT2D eigenvalue weighted by Crippen LogP contribution is 2.17. The number of sulfonamides is 1. The number of aromatic nitrogens is 1. The summed E-state index contributed by atoms with van der Waals surface area (Å²) in [6.45, 7) is 0.0767. The zero-order valence-corrected chi connectivity index (χ0v) is 13.3. The minimum atomic E-state index is -3.67. The summed E-state index contributed by atoms with van der Waals surface area (Å²) in [5, 5.41) is 9.60. The van der Waals surface area contributed by atoms with Crippen molar-refractivity contribution in [3.8, 4) is 0 Å². The third-order valence-corrected chi connectivity index (χ3v) is 4.95. The molecule has 0 saturated heterocycles. The molecule has 6 nitrogen and oxygen atoms in total. The van der Waals surface area contributed by atoms with Gasteiger partial charge in [0.05, 0.1) is 16.0 Å². The van der Waals surface area contributed by atoms with E-state index in [0.29, 0.717) is 5.56 Å². The molecule has 0 unspecified atom stereocenters. The molecule has 0 saturated carbocycles. The number of carbonyl (C=O) groups is 1. The van der Waals surface area contributed by atoms with E-state index in [2.05, 4.69) is 9.71 Å². The highest BCUT2D eigenvalue weighted by Gasteiger charge is 2.14. The predicted octanol–water partition coefficient (Wildman–Crippen LogP) is 2.41. The molecule has 0 aliphatic carbocycles. The minimum Gasteiger partial charge on any atom is -0.478 e. The maximum atomic E-state index is 12.4. The molecule has 0 atom stereocenters. The van der Waals surface area contributed by atoms with Crippen molar-refractivity contribution in [2.24, 2.45) is 0 Å². The number of nitrogens with one attached hydrogen (secondary N) is 1. The Morgan fingerprint density at radius 2 is 1.83 bits per heavy atom. The third kappa shape index (κ3) is 3.42. The predicted molar refractivity (Wildman–Crippen MR) is 89.2 cm³/mol. The molecule has 0 amide bonds. The third-order valence-electron chi connectivity index (χ3n) is 3.55. The Hall–Kier alpha value is -2.77. The van der Waals surface area contributed by atoms with Gasteiger partial charge in [-0.3, -0.25) is 4.98 Å². The van der Waals surface area contributed by atoms with E-state index in [9.17, 15) is 13.2 Å². The van der Waals surface area contributed by atoms with Crippen LogP contribution in [-0.4, -0.2) is 24.5 Å². The van der Waals surface area contributed by atoms with E-state index in [1.165, 1.54) is 18.2 Å². The van der Waals surface area contributed by atoms with Gasteiger partial charge in [-0.15, -0.1) is 0 Å². The first-order valence-corrected chi connectivity index (χ1v) is 8.61. The molecule has 1 heterocycles. The molecule has 122 valence electrons. The van der Waals surface area contributed by atoms with Crippen LogP contribution in [0.3, 0.4) is 0 Å². The molecule has 1 aromatic heterocycles. The molecule has 3 aromatic rings.